The third kappa shape index (κ3) is 5.07. The van der Waals surface area contributed by atoms with Gasteiger partial charge in [0.25, 0.3) is 0 Å². The predicted molar refractivity (Wildman–Crippen MR) is 103 cm³/mol. The summed E-state index contributed by atoms with van der Waals surface area (Å²) in [4.78, 5) is 24.4. The summed E-state index contributed by atoms with van der Waals surface area (Å²) in [5.74, 6) is -0.534. The quantitative estimate of drug-likeness (QED) is 0.461. The topological polar surface area (TPSA) is 82.8 Å². The van der Waals surface area contributed by atoms with E-state index in [4.69, 9.17) is 4.74 Å². The van der Waals surface area contributed by atoms with Crippen LogP contribution in [-0.2, 0) is 15.7 Å². The first-order valence-corrected chi connectivity index (χ1v) is 8.92. The number of carbonyl (C=O) groups is 1. The maximum atomic E-state index is 13.1. The molecule has 2 heterocycles. The highest BCUT2D eigenvalue weighted by molar-refractivity contribution is 6.20. The van der Waals surface area contributed by atoms with Crippen molar-refractivity contribution in [2.45, 2.75) is 33.1 Å². The Morgan fingerprint density at radius 1 is 1.17 bits per heavy atom. The molecule has 1 aromatic carbocycles. The third-order valence-electron chi connectivity index (χ3n) is 3.87. The summed E-state index contributed by atoms with van der Waals surface area (Å²) in [6, 6.07) is 3.59. The fourth-order valence-electron chi connectivity index (χ4n) is 2.64. The first-order chi connectivity index (χ1) is 14.1. The van der Waals surface area contributed by atoms with Crippen LogP contribution in [0.5, 0.6) is 0 Å². The van der Waals surface area contributed by atoms with Crippen molar-refractivity contribution >= 4 is 17.7 Å². The van der Waals surface area contributed by atoms with Gasteiger partial charge >= 0.3 is 12.1 Å². The van der Waals surface area contributed by atoms with Crippen LogP contribution >= 0.6 is 0 Å². The number of carbonyl (C=O) groups excluding carboxylic acids is 1. The normalized spacial score (nSPS) is 12.3. The second-order valence-electron chi connectivity index (χ2n) is 6.76. The van der Waals surface area contributed by atoms with Crippen LogP contribution in [0.25, 0.3) is 23.2 Å². The zero-order chi connectivity index (χ0) is 21.9. The zero-order valence-corrected chi connectivity index (χ0v) is 16.4. The van der Waals surface area contributed by atoms with Crippen LogP contribution < -0.4 is 0 Å². The van der Waals surface area contributed by atoms with Crippen LogP contribution in [0, 0.1) is 6.92 Å². The Morgan fingerprint density at radius 2 is 1.87 bits per heavy atom. The van der Waals surface area contributed by atoms with Crippen molar-refractivity contribution in [1.29, 1.82) is 0 Å². The van der Waals surface area contributed by atoms with Gasteiger partial charge in [-0.2, -0.15) is 13.2 Å². The van der Waals surface area contributed by atoms with Gasteiger partial charge in [-0.15, -0.1) is 5.10 Å². The highest BCUT2D eigenvalue weighted by Crippen LogP contribution is 2.32. The van der Waals surface area contributed by atoms with E-state index in [0.717, 1.165) is 12.1 Å². The highest BCUT2D eigenvalue weighted by atomic mass is 19.4. The largest absolute Gasteiger partial charge is 0.459 e. The van der Waals surface area contributed by atoms with Crippen LogP contribution in [0.1, 0.15) is 30.5 Å². The fraction of sp³-hybridized carbons (Fsp3) is 0.250. The minimum atomic E-state index is -4.48. The van der Waals surface area contributed by atoms with Crippen LogP contribution in [0.2, 0.25) is 0 Å². The lowest BCUT2D eigenvalue weighted by Crippen LogP contribution is -2.14. The SMILES string of the molecule is Cc1cc(-c2ncn(/C=C(\C(=O)OC(C)C)c3cncnc3)n2)cc(C(F)(F)F)c1. The second kappa shape index (κ2) is 8.44. The van der Waals surface area contributed by atoms with Crippen molar-refractivity contribution in [3.05, 3.63) is 59.9 Å². The van der Waals surface area contributed by atoms with Crippen molar-refractivity contribution in [2.24, 2.45) is 0 Å². The first kappa shape index (κ1) is 21.2. The number of hydrogen-bond donors (Lipinski definition) is 0. The molecule has 3 rings (SSSR count). The van der Waals surface area contributed by atoms with E-state index in [1.54, 1.807) is 26.8 Å². The number of hydrogen-bond acceptors (Lipinski definition) is 6. The van der Waals surface area contributed by atoms with Crippen molar-refractivity contribution in [3.8, 4) is 11.4 Å². The summed E-state index contributed by atoms with van der Waals surface area (Å²) in [7, 11) is 0. The molecule has 0 N–H and O–H groups in total. The van der Waals surface area contributed by atoms with Crippen LogP contribution in [0.15, 0.2) is 43.2 Å². The molecule has 0 fully saturated rings. The van der Waals surface area contributed by atoms with E-state index in [9.17, 15) is 18.0 Å². The average Bonchev–Trinajstić information content (AvgIpc) is 3.14. The Balaban J connectivity index is 2.00. The van der Waals surface area contributed by atoms with E-state index in [1.807, 2.05) is 0 Å². The molecule has 0 saturated carbocycles. The molecule has 0 aliphatic carbocycles. The monoisotopic (exact) mass is 417 g/mol. The molecular weight excluding hydrogens is 399 g/mol. The van der Waals surface area contributed by atoms with Crippen LogP contribution in [0.4, 0.5) is 13.2 Å². The van der Waals surface area contributed by atoms with Crippen molar-refractivity contribution < 1.29 is 22.7 Å². The number of benzene rings is 1. The summed E-state index contributed by atoms with van der Waals surface area (Å²) in [6.45, 7) is 4.98. The van der Waals surface area contributed by atoms with Gasteiger partial charge in [-0.3, -0.25) is 0 Å². The van der Waals surface area contributed by atoms with Crippen LogP contribution in [-0.4, -0.2) is 36.8 Å². The molecule has 0 spiro atoms. The third-order valence-corrected chi connectivity index (χ3v) is 3.87. The first-order valence-electron chi connectivity index (χ1n) is 8.92. The molecule has 0 atom stereocenters. The molecule has 30 heavy (non-hydrogen) atoms. The molecule has 2 aromatic heterocycles. The minimum Gasteiger partial charge on any atom is -0.459 e. The summed E-state index contributed by atoms with van der Waals surface area (Å²) in [5, 5.41) is 4.18. The van der Waals surface area contributed by atoms with E-state index in [0.29, 0.717) is 11.1 Å². The highest BCUT2D eigenvalue weighted by Gasteiger charge is 2.31. The Kier molecular flexibility index (Phi) is 5.95. The Morgan fingerprint density at radius 3 is 2.50 bits per heavy atom. The maximum Gasteiger partial charge on any atom is 0.416 e. The molecule has 3 aromatic rings. The number of esters is 1. The molecule has 0 saturated heterocycles. The average molecular weight is 417 g/mol. The molecule has 10 heteroatoms. The molecule has 0 aliphatic rings. The fourth-order valence-corrected chi connectivity index (χ4v) is 2.64. The molecule has 0 amide bonds. The molecule has 0 radical (unpaired) electrons. The number of aromatic nitrogens is 5. The van der Waals surface area contributed by atoms with E-state index in [2.05, 4.69) is 20.1 Å². The Labute approximate surface area is 170 Å². The number of alkyl halides is 3. The molecule has 156 valence electrons. The van der Waals surface area contributed by atoms with Gasteiger partial charge in [0.2, 0.25) is 0 Å². The van der Waals surface area contributed by atoms with E-state index >= 15 is 0 Å². The van der Waals surface area contributed by atoms with Crippen molar-refractivity contribution in [1.82, 2.24) is 24.7 Å². The number of nitrogens with zero attached hydrogens (tertiary/aromatic N) is 5. The predicted octanol–water partition coefficient (Wildman–Crippen LogP) is 4.01. The number of rotatable bonds is 5. The zero-order valence-electron chi connectivity index (χ0n) is 16.4. The number of aryl methyl sites for hydroxylation is 1. The molecular formula is C20H18F3N5O2. The van der Waals surface area contributed by atoms with Gasteiger partial charge in [-0.25, -0.2) is 24.4 Å². The smallest absolute Gasteiger partial charge is 0.416 e. The maximum absolute atomic E-state index is 13.1. The van der Waals surface area contributed by atoms with Gasteiger partial charge in [0.1, 0.15) is 12.7 Å². The van der Waals surface area contributed by atoms with E-state index in [-0.39, 0.29) is 23.1 Å². The molecule has 0 bridgehead atoms. The van der Waals surface area contributed by atoms with E-state index < -0.39 is 17.7 Å². The van der Waals surface area contributed by atoms with Gasteiger partial charge < -0.3 is 4.74 Å². The summed E-state index contributed by atoms with van der Waals surface area (Å²) < 4.78 is 45.8. The number of halogens is 3. The van der Waals surface area contributed by atoms with Gasteiger partial charge in [-0.05, 0) is 44.5 Å². The van der Waals surface area contributed by atoms with Gasteiger partial charge in [0.05, 0.1) is 17.2 Å². The second-order valence-corrected chi connectivity index (χ2v) is 6.76. The lowest BCUT2D eigenvalue weighted by molar-refractivity contribution is -0.140. The molecule has 7 nitrogen and oxygen atoms in total. The summed E-state index contributed by atoms with van der Waals surface area (Å²) >= 11 is 0. The van der Waals surface area contributed by atoms with Crippen molar-refractivity contribution in [3.63, 3.8) is 0 Å². The number of ether oxygens (including phenoxy) is 1. The Hall–Kier alpha value is -3.56. The molecule has 0 aliphatic heterocycles. The summed E-state index contributed by atoms with van der Waals surface area (Å²) in [5.41, 5.74) is 0.376. The van der Waals surface area contributed by atoms with Gasteiger partial charge in [-0.1, -0.05) is 0 Å². The summed E-state index contributed by atoms with van der Waals surface area (Å²) in [6.07, 6.45) is 2.01. The Bertz CT molecular complexity index is 1080. The lowest BCUT2D eigenvalue weighted by atomic mass is 10.1. The minimum absolute atomic E-state index is 0.0846. The van der Waals surface area contributed by atoms with Crippen molar-refractivity contribution in [2.75, 3.05) is 0 Å². The standard InChI is InChI=1S/C20H18F3N5O2/c1-12(2)30-19(29)17(15-7-24-10-25-8-15)9-28-11-26-18(27-28)14-4-13(3)5-16(6-14)20(21,22)23/h4-12H,1-3H3/b17-9-. The lowest BCUT2D eigenvalue weighted by Gasteiger charge is -2.10. The molecule has 0 unspecified atom stereocenters. The van der Waals surface area contributed by atoms with Gasteiger partial charge in [0, 0.05) is 29.7 Å². The van der Waals surface area contributed by atoms with Gasteiger partial charge in [0.15, 0.2) is 5.82 Å². The van der Waals surface area contributed by atoms with E-state index in [1.165, 1.54) is 35.9 Å². The van der Waals surface area contributed by atoms with Crippen LogP contribution in [0.3, 0.4) is 0 Å².